The first kappa shape index (κ1) is 9.14. The monoisotopic (exact) mass is 257 g/mol. The number of aromatic nitrogens is 2. The highest BCUT2D eigenvalue weighted by molar-refractivity contribution is 9.10. The fraction of sp³-hybridized carbons (Fsp3) is 0. The van der Waals surface area contributed by atoms with Gasteiger partial charge in [0, 0.05) is 4.47 Å². The Morgan fingerprint density at radius 3 is 2.79 bits per heavy atom. The summed E-state index contributed by atoms with van der Waals surface area (Å²) in [6.45, 7) is 0. The van der Waals surface area contributed by atoms with Crippen molar-refractivity contribution in [3.05, 3.63) is 22.4 Å². The molecule has 0 unspecified atom stereocenters. The number of nitrogen functional groups attached to an aromatic ring is 1. The van der Waals surface area contributed by atoms with Crippen LogP contribution in [0.1, 0.15) is 0 Å². The van der Waals surface area contributed by atoms with E-state index in [1.807, 2.05) is 0 Å². The van der Waals surface area contributed by atoms with Crippen LogP contribution in [0.3, 0.4) is 0 Å². The Labute approximate surface area is 86.7 Å². The highest BCUT2D eigenvalue weighted by Crippen LogP contribution is 2.31. The molecule has 0 atom stereocenters. The van der Waals surface area contributed by atoms with E-state index >= 15 is 0 Å². The molecule has 0 saturated carbocycles. The van der Waals surface area contributed by atoms with E-state index in [2.05, 4.69) is 25.9 Å². The topological polar surface area (TPSA) is 72.0 Å². The van der Waals surface area contributed by atoms with E-state index in [0.29, 0.717) is 4.47 Å². The molecule has 1 aromatic carbocycles. The lowest BCUT2D eigenvalue weighted by atomic mass is 10.2. The van der Waals surface area contributed by atoms with Crippen molar-refractivity contribution in [2.24, 2.45) is 0 Å². The van der Waals surface area contributed by atoms with Crippen molar-refractivity contribution >= 4 is 32.8 Å². The third-order valence-electron chi connectivity index (χ3n) is 1.75. The van der Waals surface area contributed by atoms with Crippen LogP contribution in [0.25, 0.3) is 10.9 Å². The van der Waals surface area contributed by atoms with Crippen LogP contribution in [-0.4, -0.2) is 15.1 Å². The first-order valence-corrected chi connectivity index (χ1v) is 4.49. The molecule has 0 bridgehead atoms. The first-order valence-electron chi connectivity index (χ1n) is 3.70. The number of halogens is 2. The van der Waals surface area contributed by atoms with Crippen LogP contribution in [0.4, 0.5) is 10.3 Å². The molecule has 14 heavy (non-hydrogen) atoms. The molecule has 2 rings (SSSR count). The van der Waals surface area contributed by atoms with Gasteiger partial charge in [0.15, 0.2) is 0 Å². The summed E-state index contributed by atoms with van der Waals surface area (Å²) in [5, 5.41) is 9.65. The fourth-order valence-corrected chi connectivity index (χ4v) is 1.66. The number of aromatic hydroxyl groups is 1. The van der Waals surface area contributed by atoms with E-state index in [4.69, 9.17) is 5.73 Å². The molecule has 0 spiro atoms. The SMILES string of the molecule is Nc1nc(O)c2c(Br)ccc(F)c2n1. The maximum Gasteiger partial charge on any atom is 0.225 e. The minimum atomic E-state index is -0.549. The minimum absolute atomic E-state index is 0.00405. The van der Waals surface area contributed by atoms with Crippen LogP contribution in [0.5, 0.6) is 5.88 Å². The quantitative estimate of drug-likeness (QED) is 0.755. The molecule has 0 aliphatic heterocycles. The standard InChI is InChI=1S/C8H5BrFN3O/c9-3-1-2-4(10)6-5(3)7(14)13-8(11)12-6/h1-2H,(H3,11,12,13,14). The van der Waals surface area contributed by atoms with Gasteiger partial charge in [0.2, 0.25) is 11.8 Å². The van der Waals surface area contributed by atoms with E-state index < -0.39 is 5.82 Å². The predicted molar refractivity (Wildman–Crippen MR) is 53.3 cm³/mol. The largest absolute Gasteiger partial charge is 0.493 e. The second-order valence-corrected chi connectivity index (χ2v) is 3.51. The average Bonchev–Trinajstić information content (AvgIpc) is 2.10. The number of nitrogens with two attached hydrogens (primary N) is 1. The van der Waals surface area contributed by atoms with Crippen LogP contribution in [-0.2, 0) is 0 Å². The van der Waals surface area contributed by atoms with E-state index in [1.165, 1.54) is 12.1 Å². The predicted octanol–water partition coefficient (Wildman–Crippen LogP) is 1.82. The highest BCUT2D eigenvalue weighted by atomic mass is 79.9. The van der Waals surface area contributed by atoms with Crippen molar-refractivity contribution in [3.8, 4) is 5.88 Å². The minimum Gasteiger partial charge on any atom is -0.493 e. The van der Waals surface area contributed by atoms with Gasteiger partial charge >= 0.3 is 0 Å². The van der Waals surface area contributed by atoms with E-state index in [1.54, 1.807) is 0 Å². The normalized spacial score (nSPS) is 10.7. The Morgan fingerprint density at radius 1 is 1.36 bits per heavy atom. The number of nitrogens with zero attached hydrogens (tertiary/aromatic N) is 2. The molecular formula is C8H5BrFN3O. The molecular weight excluding hydrogens is 253 g/mol. The summed E-state index contributed by atoms with van der Waals surface area (Å²) in [4.78, 5) is 7.23. The zero-order valence-corrected chi connectivity index (χ0v) is 8.42. The maximum absolute atomic E-state index is 13.2. The second kappa shape index (κ2) is 3.06. The molecule has 1 aromatic heterocycles. The molecule has 2 aromatic rings. The van der Waals surface area contributed by atoms with Crippen LogP contribution >= 0.6 is 15.9 Å². The lowest BCUT2D eigenvalue weighted by Crippen LogP contribution is -1.97. The summed E-state index contributed by atoms with van der Waals surface area (Å²) in [6.07, 6.45) is 0. The number of hydrogen-bond donors (Lipinski definition) is 2. The molecule has 1 heterocycles. The van der Waals surface area contributed by atoms with Gasteiger partial charge in [-0.15, -0.1) is 0 Å². The molecule has 0 radical (unpaired) electrons. The van der Waals surface area contributed by atoms with E-state index in [0.717, 1.165) is 0 Å². The van der Waals surface area contributed by atoms with Crippen molar-refractivity contribution in [2.75, 3.05) is 5.73 Å². The lowest BCUT2D eigenvalue weighted by molar-refractivity contribution is 0.460. The summed E-state index contributed by atoms with van der Waals surface area (Å²) in [6, 6.07) is 2.70. The summed E-state index contributed by atoms with van der Waals surface area (Å²) in [5.41, 5.74) is 5.28. The molecule has 3 N–H and O–H groups in total. The van der Waals surface area contributed by atoms with Gasteiger partial charge in [-0.2, -0.15) is 4.98 Å². The molecule has 6 heteroatoms. The molecule has 72 valence electrons. The van der Waals surface area contributed by atoms with Gasteiger partial charge in [-0.05, 0) is 28.1 Å². The van der Waals surface area contributed by atoms with E-state index in [-0.39, 0.29) is 22.7 Å². The summed E-state index contributed by atoms with van der Waals surface area (Å²) >= 11 is 3.16. The number of hydrogen-bond acceptors (Lipinski definition) is 4. The van der Waals surface area contributed by atoms with Crippen molar-refractivity contribution in [1.29, 1.82) is 0 Å². The average molecular weight is 258 g/mol. The number of anilines is 1. The molecule has 0 amide bonds. The van der Waals surface area contributed by atoms with Gasteiger partial charge in [0.05, 0.1) is 5.39 Å². The fourth-order valence-electron chi connectivity index (χ4n) is 1.17. The highest BCUT2D eigenvalue weighted by Gasteiger charge is 2.12. The Kier molecular flexibility index (Phi) is 1.99. The summed E-state index contributed by atoms with van der Waals surface area (Å²) in [5.74, 6) is -1.04. The summed E-state index contributed by atoms with van der Waals surface area (Å²) < 4.78 is 13.8. The molecule has 0 saturated heterocycles. The number of rotatable bonds is 0. The lowest BCUT2D eigenvalue weighted by Gasteiger charge is -2.03. The van der Waals surface area contributed by atoms with Gasteiger partial charge < -0.3 is 10.8 Å². The van der Waals surface area contributed by atoms with Gasteiger partial charge in [0.25, 0.3) is 0 Å². The van der Waals surface area contributed by atoms with Crippen LogP contribution in [0, 0.1) is 5.82 Å². The van der Waals surface area contributed by atoms with Gasteiger partial charge in [-0.25, -0.2) is 9.37 Å². The number of fused-ring (bicyclic) bond motifs is 1. The Hall–Kier alpha value is -1.43. The number of benzene rings is 1. The Balaban J connectivity index is 3.00. The maximum atomic E-state index is 13.2. The van der Waals surface area contributed by atoms with Crippen LogP contribution in [0.15, 0.2) is 16.6 Å². The first-order chi connectivity index (χ1) is 6.59. The molecule has 4 nitrogen and oxygen atoms in total. The van der Waals surface area contributed by atoms with Crippen molar-refractivity contribution < 1.29 is 9.50 Å². The zero-order chi connectivity index (χ0) is 10.3. The Morgan fingerprint density at radius 2 is 2.07 bits per heavy atom. The Bertz CT molecular complexity index is 517. The third-order valence-corrected chi connectivity index (χ3v) is 2.41. The molecule has 0 aliphatic rings. The van der Waals surface area contributed by atoms with Gasteiger partial charge in [-0.3, -0.25) is 0 Å². The van der Waals surface area contributed by atoms with Crippen molar-refractivity contribution in [2.45, 2.75) is 0 Å². The smallest absolute Gasteiger partial charge is 0.225 e. The molecule has 0 aliphatic carbocycles. The van der Waals surface area contributed by atoms with Gasteiger partial charge in [-0.1, -0.05) is 0 Å². The van der Waals surface area contributed by atoms with Crippen LogP contribution < -0.4 is 5.73 Å². The van der Waals surface area contributed by atoms with E-state index in [9.17, 15) is 9.50 Å². The third kappa shape index (κ3) is 1.27. The summed E-state index contributed by atoms with van der Waals surface area (Å²) in [7, 11) is 0. The van der Waals surface area contributed by atoms with Gasteiger partial charge in [0.1, 0.15) is 11.3 Å². The van der Waals surface area contributed by atoms with Crippen LogP contribution in [0.2, 0.25) is 0 Å². The molecule has 0 fully saturated rings. The zero-order valence-electron chi connectivity index (χ0n) is 6.83. The second-order valence-electron chi connectivity index (χ2n) is 2.66. The van der Waals surface area contributed by atoms with Crippen molar-refractivity contribution in [3.63, 3.8) is 0 Å². The van der Waals surface area contributed by atoms with Crippen molar-refractivity contribution in [1.82, 2.24) is 9.97 Å².